The summed E-state index contributed by atoms with van der Waals surface area (Å²) in [6.45, 7) is 2.90. The molecule has 0 aliphatic rings. The highest BCUT2D eigenvalue weighted by atomic mass is 32.2. The molecule has 0 aliphatic heterocycles. The van der Waals surface area contributed by atoms with Gasteiger partial charge in [-0.25, -0.2) is 4.98 Å². The zero-order chi connectivity index (χ0) is 18.9. The van der Waals surface area contributed by atoms with E-state index in [1.807, 2.05) is 55.6 Å². The van der Waals surface area contributed by atoms with Gasteiger partial charge in [0, 0.05) is 47.4 Å². The maximum Gasteiger partial charge on any atom is 0.251 e. The minimum atomic E-state index is -0.103. The molecular weight excluding hydrogens is 358 g/mol. The van der Waals surface area contributed by atoms with Crippen molar-refractivity contribution >= 4 is 17.7 Å². The maximum absolute atomic E-state index is 12.3. The lowest BCUT2D eigenvalue weighted by atomic mass is 10.2. The van der Waals surface area contributed by atoms with Crippen molar-refractivity contribution in [2.24, 2.45) is 0 Å². The Bertz CT molecular complexity index is 870. The number of ether oxygens (including phenoxy) is 1. The van der Waals surface area contributed by atoms with Crippen molar-refractivity contribution in [2.75, 3.05) is 6.61 Å². The van der Waals surface area contributed by atoms with Gasteiger partial charge in [-0.1, -0.05) is 6.07 Å². The molecule has 6 heteroatoms. The number of benzene rings is 1. The Hall–Kier alpha value is -2.86. The molecule has 5 nitrogen and oxygen atoms in total. The van der Waals surface area contributed by atoms with E-state index in [9.17, 15) is 4.79 Å². The molecule has 0 unspecified atom stereocenters. The summed E-state index contributed by atoms with van der Waals surface area (Å²) >= 11 is 1.72. The van der Waals surface area contributed by atoms with E-state index < -0.39 is 0 Å². The molecule has 0 fully saturated rings. The Morgan fingerprint density at radius 3 is 2.70 bits per heavy atom. The van der Waals surface area contributed by atoms with Crippen LogP contribution in [-0.4, -0.2) is 22.5 Å². The van der Waals surface area contributed by atoms with E-state index in [1.54, 1.807) is 24.2 Å². The lowest BCUT2D eigenvalue weighted by molar-refractivity contribution is 0.0950. The first-order valence-corrected chi connectivity index (χ1v) is 9.71. The van der Waals surface area contributed by atoms with Crippen molar-refractivity contribution in [3.8, 4) is 5.88 Å². The summed E-state index contributed by atoms with van der Waals surface area (Å²) in [4.78, 5) is 21.7. The van der Waals surface area contributed by atoms with Crippen LogP contribution in [0.5, 0.6) is 5.88 Å². The normalized spacial score (nSPS) is 10.4. The van der Waals surface area contributed by atoms with Gasteiger partial charge in [0.2, 0.25) is 5.88 Å². The Morgan fingerprint density at radius 2 is 1.96 bits per heavy atom. The van der Waals surface area contributed by atoms with Crippen LogP contribution in [0, 0.1) is 0 Å². The molecule has 0 spiro atoms. The second kappa shape index (κ2) is 9.73. The highest BCUT2D eigenvalue weighted by Gasteiger charge is 2.06. The van der Waals surface area contributed by atoms with Crippen LogP contribution in [0.3, 0.4) is 0 Å². The molecule has 0 saturated heterocycles. The fourth-order valence-electron chi connectivity index (χ4n) is 2.42. The first kappa shape index (κ1) is 18.9. The van der Waals surface area contributed by atoms with Crippen molar-refractivity contribution in [1.82, 2.24) is 15.3 Å². The highest BCUT2D eigenvalue weighted by molar-refractivity contribution is 7.98. The Balaban J connectivity index is 1.52. The van der Waals surface area contributed by atoms with Crippen LogP contribution >= 0.6 is 11.8 Å². The number of rotatable bonds is 8. The molecule has 2 aromatic heterocycles. The van der Waals surface area contributed by atoms with E-state index in [4.69, 9.17) is 4.74 Å². The van der Waals surface area contributed by atoms with Crippen LogP contribution in [0.15, 0.2) is 72.0 Å². The lowest BCUT2D eigenvalue weighted by Gasteiger charge is -2.08. The summed E-state index contributed by atoms with van der Waals surface area (Å²) in [7, 11) is 0. The number of carbonyl (C=O) groups is 1. The van der Waals surface area contributed by atoms with Crippen LogP contribution < -0.4 is 10.1 Å². The number of nitrogens with zero attached hydrogens (tertiary/aromatic N) is 2. The third kappa shape index (κ3) is 5.82. The summed E-state index contributed by atoms with van der Waals surface area (Å²) in [5, 5.41) is 2.92. The minimum absolute atomic E-state index is 0.103. The van der Waals surface area contributed by atoms with Crippen molar-refractivity contribution in [1.29, 1.82) is 0 Å². The third-order valence-electron chi connectivity index (χ3n) is 3.79. The molecule has 0 atom stereocenters. The summed E-state index contributed by atoms with van der Waals surface area (Å²) in [6, 6.07) is 15.3. The Kier molecular flexibility index (Phi) is 6.82. The predicted octanol–water partition coefficient (Wildman–Crippen LogP) is 4.10. The third-order valence-corrected chi connectivity index (χ3v) is 4.87. The predicted molar refractivity (Wildman–Crippen MR) is 107 cm³/mol. The molecule has 138 valence electrons. The molecule has 1 aromatic carbocycles. The Labute approximate surface area is 163 Å². The van der Waals surface area contributed by atoms with Crippen molar-refractivity contribution < 1.29 is 9.53 Å². The van der Waals surface area contributed by atoms with Gasteiger partial charge in [-0.15, -0.1) is 11.8 Å². The fourth-order valence-corrected chi connectivity index (χ4v) is 3.26. The molecule has 0 aliphatic carbocycles. The first-order valence-electron chi connectivity index (χ1n) is 8.72. The largest absolute Gasteiger partial charge is 0.478 e. The molecule has 0 radical (unpaired) electrons. The van der Waals surface area contributed by atoms with Crippen molar-refractivity contribution in [3.63, 3.8) is 0 Å². The molecule has 0 saturated carbocycles. The average Bonchev–Trinajstić information content (AvgIpc) is 2.72. The summed E-state index contributed by atoms with van der Waals surface area (Å²) in [6.07, 6.45) is 5.32. The van der Waals surface area contributed by atoms with E-state index in [1.165, 1.54) is 5.56 Å². The van der Waals surface area contributed by atoms with Crippen LogP contribution in [0.4, 0.5) is 0 Å². The van der Waals surface area contributed by atoms with E-state index >= 15 is 0 Å². The molecule has 2 heterocycles. The zero-order valence-electron chi connectivity index (χ0n) is 15.1. The fraction of sp³-hybridized carbons (Fsp3) is 0.190. The van der Waals surface area contributed by atoms with Crippen LogP contribution in [0.25, 0.3) is 0 Å². The van der Waals surface area contributed by atoms with Gasteiger partial charge in [0.25, 0.3) is 5.91 Å². The van der Waals surface area contributed by atoms with Gasteiger partial charge in [-0.05, 0) is 54.4 Å². The standard InChI is InChI=1S/C21H21N3O2S/c1-2-26-20-12-16(9-11-23-20)14-24-21(25)18-5-7-19(8-6-18)27-15-17-4-3-10-22-13-17/h3-13H,2,14-15H2,1H3,(H,24,25). The van der Waals surface area contributed by atoms with E-state index in [2.05, 4.69) is 21.4 Å². The maximum atomic E-state index is 12.3. The second-order valence-corrected chi connectivity index (χ2v) is 6.84. The number of nitrogens with one attached hydrogen (secondary N) is 1. The zero-order valence-corrected chi connectivity index (χ0v) is 15.9. The molecule has 3 rings (SSSR count). The summed E-state index contributed by atoms with van der Waals surface area (Å²) in [5.41, 5.74) is 2.76. The molecule has 1 amide bonds. The monoisotopic (exact) mass is 379 g/mol. The number of thioether (sulfide) groups is 1. The number of amides is 1. The SMILES string of the molecule is CCOc1cc(CNC(=O)c2ccc(SCc3cccnc3)cc2)ccn1. The van der Waals surface area contributed by atoms with Crippen molar-refractivity contribution in [3.05, 3.63) is 83.8 Å². The minimum Gasteiger partial charge on any atom is -0.478 e. The van der Waals surface area contributed by atoms with E-state index in [0.717, 1.165) is 16.2 Å². The number of pyridine rings is 2. The molecule has 0 bridgehead atoms. The molecule has 1 N–H and O–H groups in total. The van der Waals surface area contributed by atoms with E-state index in [0.29, 0.717) is 24.6 Å². The smallest absolute Gasteiger partial charge is 0.251 e. The van der Waals surface area contributed by atoms with Gasteiger partial charge >= 0.3 is 0 Å². The van der Waals surface area contributed by atoms with Gasteiger partial charge < -0.3 is 10.1 Å². The second-order valence-electron chi connectivity index (χ2n) is 5.79. The number of aromatic nitrogens is 2. The van der Waals surface area contributed by atoms with Gasteiger partial charge in [-0.2, -0.15) is 0 Å². The number of carbonyl (C=O) groups excluding carboxylic acids is 1. The van der Waals surface area contributed by atoms with Gasteiger partial charge in [0.1, 0.15) is 0 Å². The quantitative estimate of drug-likeness (QED) is 0.597. The van der Waals surface area contributed by atoms with Crippen LogP contribution in [0.1, 0.15) is 28.4 Å². The Morgan fingerprint density at radius 1 is 1.11 bits per heavy atom. The van der Waals surface area contributed by atoms with Crippen LogP contribution in [-0.2, 0) is 12.3 Å². The first-order chi connectivity index (χ1) is 13.2. The highest BCUT2D eigenvalue weighted by Crippen LogP contribution is 2.22. The van der Waals surface area contributed by atoms with Gasteiger partial charge in [-0.3, -0.25) is 9.78 Å². The summed E-state index contributed by atoms with van der Waals surface area (Å²) in [5.74, 6) is 1.32. The average molecular weight is 379 g/mol. The van der Waals surface area contributed by atoms with Gasteiger partial charge in [0.05, 0.1) is 6.61 Å². The number of hydrogen-bond acceptors (Lipinski definition) is 5. The molecule has 27 heavy (non-hydrogen) atoms. The summed E-state index contributed by atoms with van der Waals surface area (Å²) < 4.78 is 5.38. The van der Waals surface area contributed by atoms with Crippen molar-refractivity contribution in [2.45, 2.75) is 24.1 Å². The molecule has 3 aromatic rings. The van der Waals surface area contributed by atoms with Crippen LogP contribution in [0.2, 0.25) is 0 Å². The van der Waals surface area contributed by atoms with E-state index in [-0.39, 0.29) is 5.91 Å². The number of hydrogen-bond donors (Lipinski definition) is 1. The molecular formula is C21H21N3O2S. The lowest BCUT2D eigenvalue weighted by Crippen LogP contribution is -2.22. The van der Waals surface area contributed by atoms with Gasteiger partial charge in [0.15, 0.2) is 0 Å². The topological polar surface area (TPSA) is 64.1 Å².